The molecule has 2 amide bonds. The predicted octanol–water partition coefficient (Wildman–Crippen LogP) is 1.79. The van der Waals surface area contributed by atoms with E-state index in [1.165, 1.54) is 24.4 Å². The van der Waals surface area contributed by atoms with E-state index in [2.05, 4.69) is 5.32 Å². The standard InChI is InChI=1S/C27H36N4O6S/c1-26(2,29-34)25(33)28-22(18-37-17-20-9-5-4-6-10-20)24(32)30-15-13-27(14-16-30)19-31(38(3,35)36)23-12-8-7-11-21(23)27/h4-12,22,29,34H,13-19H2,1-3H3,(H,28,33)/t22-/m1/s1. The third-order valence-corrected chi connectivity index (χ3v) is 8.60. The summed E-state index contributed by atoms with van der Waals surface area (Å²) >= 11 is 0. The molecule has 1 spiro atoms. The van der Waals surface area contributed by atoms with E-state index in [1.807, 2.05) is 60.1 Å². The first-order chi connectivity index (χ1) is 18.0. The summed E-state index contributed by atoms with van der Waals surface area (Å²) in [5.41, 5.74) is 2.94. The lowest BCUT2D eigenvalue weighted by molar-refractivity contribution is -0.142. The molecule has 1 saturated heterocycles. The van der Waals surface area contributed by atoms with E-state index in [-0.39, 0.29) is 24.5 Å². The maximum absolute atomic E-state index is 13.6. The summed E-state index contributed by atoms with van der Waals surface area (Å²) in [5.74, 6) is -0.815. The molecule has 11 heteroatoms. The Kier molecular flexibility index (Phi) is 8.12. The highest BCUT2D eigenvalue weighted by Crippen LogP contribution is 2.47. The first-order valence-electron chi connectivity index (χ1n) is 12.7. The van der Waals surface area contributed by atoms with Crippen LogP contribution in [-0.4, -0.2) is 74.4 Å². The Balaban J connectivity index is 1.47. The number of anilines is 1. The van der Waals surface area contributed by atoms with Crippen molar-refractivity contribution in [2.24, 2.45) is 0 Å². The number of sulfonamides is 1. The number of hydrogen-bond donors (Lipinski definition) is 3. The third kappa shape index (κ3) is 5.85. The van der Waals surface area contributed by atoms with Gasteiger partial charge in [-0.15, -0.1) is 0 Å². The van der Waals surface area contributed by atoms with Crippen molar-refractivity contribution in [3.63, 3.8) is 0 Å². The largest absolute Gasteiger partial charge is 0.374 e. The summed E-state index contributed by atoms with van der Waals surface area (Å²) < 4.78 is 32.2. The molecule has 1 fully saturated rings. The minimum Gasteiger partial charge on any atom is -0.374 e. The molecule has 2 aromatic rings. The minimum atomic E-state index is -3.44. The van der Waals surface area contributed by atoms with Crippen molar-refractivity contribution in [3.05, 3.63) is 65.7 Å². The molecule has 3 N–H and O–H groups in total. The van der Waals surface area contributed by atoms with Crippen LogP contribution < -0.4 is 15.1 Å². The Morgan fingerprint density at radius 1 is 1.08 bits per heavy atom. The van der Waals surface area contributed by atoms with Gasteiger partial charge in [0.15, 0.2) is 0 Å². The zero-order valence-electron chi connectivity index (χ0n) is 22.0. The maximum atomic E-state index is 13.6. The molecule has 38 heavy (non-hydrogen) atoms. The molecule has 0 unspecified atom stereocenters. The lowest BCUT2D eigenvalue weighted by Crippen LogP contribution is -2.60. The fourth-order valence-corrected chi connectivity index (χ4v) is 6.11. The molecule has 0 radical (unpaired) electrons. The van der Waals surface area contributed by atoms with Crippen LogP contribution in [0.15, 0.2) is 54.6 Å². The summed E-state index contributed by atoms with van der Waals surface area (Å²) in [4.78, 5) is 28.1. The van der Waals surface area contributed by atoms with Gasteiger partial charge in [0.25, 0.3) is 0 Å². The van der Waals surface area contributed by atoms with Crippen LogP contribution >= 0.6 is 0 Å². The molecule has 2 aliphatic heterocycles. The maximum Gasteiger partial charge on any atom is 0.247 e. The van der Waals surface area contributed by atoms with Crippen LogP contribution in [0.2, 0.25) is 0 Å². The van der Waals surface area contributed by atoms with Crippen LogP contribution in [0.5, 0.6) is 0 Å². The van der Waals surface area contributed by atoms with Crippen LogP contribution in [0.4, 0.5) is 5.69 Å². The zero-order valence-corrected chi connectivity index (χ0v) is 22.8. The van der Waals surface area contributed by atoms with Crippen LogP contribution in [-0.2, 0) is 36.4 Å². The predicted molar refractivity (Wildman–Crippen MR) is 143 cm³/mol. The minimum absolute atomic E-state index is 0.0344. The van der Waals surface area contributed by atoms with E-state index >= 15 is 0 Å². The quantitative estimate of drug-likeness (QED) is 0.411. The zero-order chi connectivity index (χ0) is 27.6. The molecule has 2 heterocycles. The van der Waals surface area contributed by atoms with Gasteiger partial charge >= 0.3 is 0 Å². The number of para-hydroxylation sites is 1. The average Bonchev–Trinajstić information content (AvgIpc) is 3.23. The molecular formula is C27H36N4O6S. The number of nitrogens with zero attached hydrogens (tertiary/aromatic N) is 2. The fraction of sp³-hybridized carbons (Fsp3) is 0.481. The number of carbonyl (C=O) groups is 2. The summed E-state index contributed by atoms with van der Waals surface area (Å²) in [6, 6.07) is 16.1. The Bertz CT molecular complexity index is 1260. The molecule has 0 aromatic heterocycles. The van der Waals surface area contributed by atoms with Gasteiger partial charge in [0.05, 0.1) is 25.2 Å². The number of benzene rings is 2. The van der Waals surface area contributed by atoms with Crippen LogP contribution in [0.3, 0.4) is 0 Å². The number of amides is 2. The number of likely N-dealkylation sites (tertiary alicyclic amines) is 1. The second kappa shape index (κ2) is 11.0. The Morgan fingerprint density at radius 3 is 2.34 bits per heavy atom. The number of ether oxygens (including phenoxy) is 1. The van der Waals surface area contributed by atoms with E-state index in [0.717, 1.165) is 11.1 Å². The Morgan fingerprint density at radius 2 is 1.71 bits per heavy atom. The van der Waals surface area contributed by atoms with Gasteiger partial charge in [-0.1, -0.05) is 48.5 Å². The molecule has 0 saturated carbocycles. The first-order valence-corrected chi connectivity index (χ1v) is 14.5. The number of carbonyl (C=O) groups excluding carboxylic acids is 2. The molecule has 2 aliphatic rings. The van der Waals surface area contributed by atoms with Crippen LogP contribution in [0, 0.1) is 0 Å². The molecule has 1 atom stereocenters. The molecule has 2 aromatic carbocycles. The van der Waals surface area contributed by atoms with E-state index in [4.69, 9.17) is 4.74 Å². The summed E-state index contributed by atoms with van der Waals surface area (Å²) in [6.45, 7) is 4.43. The molecular weight excluding hydrogens is 508 g/mol. The second-order valence-electron chi connectivity index (χ2n) is 10.7. The van der Waals surface area contributed by atoms with Crippen molar-refractivity contribution in [3.8, 4) is 0 Å². The monoisotopic (exact) mass is 544 g/mol. The van der Waals surface area contributed by atoms with Gasteiger partial charge < -0.3 is 20.2 Å². The van der Waals surface area contributed by atoms with Gasteiger partial charge in [0.1, 0.15) is 11.6 Å². The van der Waals surface area contributed by atoms with Gasteiger partial charge in [-0.25, -0.2) is 8.42 Å². The van der Waals surface area contributed by atoms with Crippen molar-refractivity contribution in [1.29, 1.82) is 0 Å². The first kappa shape index (κ1) is 28.0. The normalized spacial score (nSPS) is 17.8. The number of rotatable bonds is 9. The lowest BCUT2D eigenvalue weighted by Gasteiger charge is -2.41. The summed E-state index contributed by atoms with van der Waals surface area (Å²) in [5, 5.41) is 12.1. The van der Waals surface area contributed by atoms with Gasteiger partial charge in [-0.2, -0.15) is 5.48 Å². The van der Waals surface area contributed by atoms with Crippen molar-refractivity contribution in [2.75, 3.05) is 36.8 Å². The second-order valence-corrected chi connectivity index (χ2v) is 12.6. The SMILES string of the molecule is CC(C)(NO)C(=O)N[C@H](COCc1ccccc1)C(=O)N1CCC2(CC1)CN(S(C)(=O)=O)c1ccccc12. The van der Waals surface area contributed by atoms with Gasteiger partial charge in [-0.3, -0.25) is 13.9 Å². The molecule has 10 nitrogen and oxygen atoms in total. The molecule has 206 valence electrons. The number of hydroxylamine groups is 1. The van der Waals surface area contributed by atoms with Gasteiger partial charge in [0.2, 0.25) is 21.8 Å². The van der Waals surface area contributed by atoms with Gasteiger partial charge in [-0.05, 0) is 43.9 Å². The number of piperidine rings is 1. The fourth-order valence-electron chi connectivity index (χ4n) is 5.12. The third-order valence-electron chi connectivity index (χ3n) is 7.47. The molecule has 0 aliphatic carbocycles. The number of hydrogen-bond acceptors (Lipinski definition) is 7. The Labute approximate surface area is 224 Å². The van der Waals surface area contributed by atoms with Crippen molar-refractivity contribution >= 4 is 27.5 Å². The summed E-state index contributed by atoms with van der Waals surface area (Å²) in [7, 11) is -3.44. The lowest BCUT2D eigenvalue weighted by atomic mass is 9.74. The smallest absolute Gasteiger partial charge is 0.247 e. The highest BCUT2D eigenvalue weighted by atomic mass is 32.2. The van der Waals surface area contributed by atoms with E-state index in [9.17, 15) is 23.2 Å². The topological polar surface area (TPSA) is 128 Å². The average molecular weight is 545 g/mol. The number of fused-ring (bicyclic) bond motifs is 2. The van der Waals surface area contributed by atoms with E-state index in [0.29, 0.717) is 38.2 Å². The molecule has 4 rings (SSSR count). The van der Waals surface area contributed by atoms with Gasteiger partial charge in [0, 0.05) is 25.0 Å². The van der Waals surface area contributed by atoms with E-state index in [1.54, 1.807) is 4.90 Å². The summed E-state index contributed by atoms with van der Waals surface area (Å²) in [6.07, 6.45) is 2.40. The highest BCUT2D eigenvalue weighted by molar-refractivity contribution is 7.92. The van der Waals surface area contributed by atoms with Crippen LogP contribution in [0.1, 0.15) is 37.8 Å². The molecule has 0 bridgehead atoms. The van der Waals surface area contributed by atoms with Crippen LogP contribution in [0.25, 0.3) is 0 Å². The van der Waals surface area contributed by atoms with E-state index < -0.39 is 27.5 Å². The Hall–Kier alpha value is -2.99. The van der Waals surface area contributed by atoms with Crippen molar-refractivity contribution in [2.45, 2.75) is 50.3 Å². The van der Waals surface area contributed by atoms with Crippen molar-refractivity contribution < 1.29 is 28.0 Å². The highest BCUT2D eigenvalue weighted by Gasteiger charge is 2.48. The van der Waals surface area contributed by atoms with Crippen molar-refractivity contribution in [1.82, 2.24) is 15.7 Å². The number of nitrogens with one attached hydrogen (secondary N) is 2.